The maximum atomic E-state index is 6.95. The van der Waals surface area contributed by atoms with Gasteiger partial charge in [-0.3, -0.25) is 0 Å². The Labute approximate surface area is 869 Å². The van der Waals surface area contributed by atoms with Crippen LogP contribution in [-0.2, 0) is 5.41 Å². The molecular formula is C139H99N3OS2Si2. The van der Waals surface area contributed by atoms with Gasteiger partial charge in [0.05, 0.1) is 22.5 Å². The van der Waals surface area contributed by atoms with Crippen LogP contribution >= 0.6 is 23.5 Å². The predicted molar refractivity (Wildman–Crippen MR) is 626 cm³/mol. The van der Waals surface area contributed by atoms with Crippen LogP contribution < -0.4 is 60.9 Å². The number of ether oxygens (including phenoxy) is 1. The molecule has 27 rings (SSSR count). The lowest BCUT2D eigenvalue weighted by Crippen LogP contribution is -2.76. The van der Waals surface area contributed by atoms with Crippen LogP contribution in [-0.4, -0.2) is 16.1 Å². The molecule has 8 heteroatoms. The van der Waals surface area contributed by atoms with Gasteiger partial charge >= 0.3 is 0 Å². The minimum absolute atomic E-state index is 0.450. The van der Waals surface area contributed by atoms with Crippen LogP contribution in [0.1, 0.15) is 22.3 Å². The summed E-state index contributed by atoms with van der Waals surface area (Å²) in [5.74, 6) is 1.88. The first-order chi connectivity index (χ1) is 73.0. The summed E-state index contributed by atoms with van der Waals surface area (Å²) in [7, 11) is -5.33. The van der Waals surface area contributed by atoms with Crippen LogP contribution in [0, 0.1) is 0 Å². The third-order valence-corrected chi connectivity index (χ3v) is 41.9. The van der Waals surface area contributed by atoms with Crippen molar-refractivity contribution in [2.24, 2.45) is 0 Å². The molecular weight excluding hydrogens is 1850 g/mol. The predicted octanol–water partition coefficient (Wildman–Crippen LogP) is 32.1. The highest BCUT2D eigenvalue weighted by Gasteiger charge is 2.51. The zero-order valence-corrected chi connectivity index (χ0v) is 84.4. The summed E-state index contributed by atoms with van der Waals surface area (Å²) in [5.41, 5.74) is 22.1. The van der Waals surface area contributed by atoms with E-state index in [1.807, 2.05) is 23.5 Å². The molecule has 0 spiro atoms. The van der Waals surface area contributed by atoms with Crippen molar-refractivity contribution in [3.8, 4) is 44.9 Å². The van der Waals surface area contributed by atoms with E-state index in [9.17, 15) is 0 Å². The molecule has 3 heterocycles. The van der Waals surface area contributed by atoms with Crippen molar-refractivity contribution < 1.29 is 4.74 Å². The van der Waals surface area contributed by atoms with Crippen molar-refractivity contribution in [3.63, 3.8) is 0 Å². The fourth-order valence-electron chi connectivity index (χ4n) is 23.0. The van der Waals surface area contributed by atoms with Gasteiger partial charge in [-0.2, -0.15) is 0 Å². The lowest BCUT2D eigenvalue weighted by atomic mass is 9.64. The van der Waals surface area contributed by atoms with Gasteiger partial charge in [-0.25, -0.2) is 0 Å². The number of rotatable bonds is 18. The Balaban J connectivity index is 0.000000115. The molecule has 0 atom stereocenters. The lowest BCUT2D eigenvalue weighted by Gasteiger charge is -2.42. The zero-order chi connectivity index (χ0) is 97.9. The summed E-state index contributed by atoms with van der Waals surface area (Å²) in [6.07, 6.45) is 0. The van der Waals surface area contributed by atoms with Crippen molar-refractivity contribution in [2.45, 2.75) is 25.0 Å². The number of nitrogens with zero attached hydrogens (tertiary/aromatic N) is 3. The molecule has 3 aliphatic heterocycles. The lowest BCUT2D eigenvalue weighted by molar-refractivity contribution is 0.489. The normalized spacial score (nSPS) is 12.9. The van der Waals surface area contributed by atoms with Gasteiger partial charge in [0.2, 0.25) is 0 Å². The number of hydrogen-bond donors (Lipinski definition) is 0. The smallest absolute Gasteiger partial charge is 0.188 e. The van der Waals surface area contributed by atoms with Gasteiger partial charge in [0.1, 0.15) is 11.5 Å². The number of hydrogen-bond acceptors (Lipinski definition) is 6. The molecule has 0 aliphatic carbocycles. The van der Waals surface area contributed by atoms with Gasteiger partial charge in [-0.1, -0.05) is 515 Å². The van der Waals surface area contributed by atoms with Crippen LogP contribution in [0.4, 0.5) is 51.2 Å². The maximum absolute atomic E-state index is 6.95. The van der Waals surface area contributed by atoms with Gasteiger partial charge in [-0.15, -0.1) is 0 Å². The Morgan fingerprint density at radius 3 is 0.912 bits per heavy atom. The number of anilines is 9. The van der Waals surface area contributed by atoms with E-state index in [1.165, 1.54) is 144 Å². The van der Waals surface area contributed by atoms with Gasteiger partial charge in [0, 0.05) is 75.4 Å². The van der Waals surface area contributed by atoms with E-state index in [4.69, 9.17) is 4.74 Å². The minimum atomic E-state index is -2.72. The standard InChI is InChI=1S/C47H33NS.C46H33NOSi.C46H33NSSi/c1-4-18-36(19-5-1)47(37-20-6-2-7-21-37)42-26-12-13-29-45(42)49-46-41(25-15-27-43(46)47)35-30-32-39(33-31-35)48(38-22-8-3-9-23-38)44-28-14-17-34-16-10-11-24-40(34)44;2*1-4-18-36(19-5-1)47(42-26-14-17-34-16-10-11-24-40(34)42)37-32-30-35(31-33-37)41-25-15-29-45-46(41)48-43-27-12-13-28-44(43)49(45,38-20-6-2-7-21-38)39-22-8-3-9-23-39/h3*1-33H. The molecule has 147 heavy (non-hydrogen) atoms. The molecule has 0 saturated heterocycles. The highest BCUT2D eigenvalue weighted by atomic mass is 32.2. The van der Waals surface area contributed by atoms with Gasteiger partial charge in [-0.05, 0) is 217 Å². The summed E-state index contributed by atoms with van der Waals surface area (Å²) in [6, 6.07) is 219. The van der Waals surface area contributed by atoms with E-state index >= 15 is 0 Å². The van der Waals surface area contributed by atoms with Crippen molar-refractivity contribution in [3.05, 3.63) is 623 Å². The Bertz CT molecular complexity index is 7910. The third kappa shape index (κ3) is 16.3. The van der Waals surface area contributed by atoms with Crippen LogP contribution in [0.5, 0.6) is 11.5 Å². The molecule has 696 valence electrons. The second-order valence-electron chi connectivity index (χ2n) is 37.4. The highest BCUT2D eigenvalue weighted by molar-refractivity contribution is 8.00. The van der Waals surface area contributed by atoms with E-state index in [1.54, 1.807) is 0 Å². The average molecular weight is 1950 g/mol. The Kier molecular flexibility index (Phi) is 24.6. The first kappa shape index (κ1) is 90.7. The molecule has 24 aromatic rings. The van der Waals surface area contributed by atoms with Crippen molar-refractivity contribution in [1.29, 1.82) is 0 Å². The summed E-state index contributed by atoms with van der Waals surface area (Å²) in [6.45, 7) is 0. The number of fused-ring (bicyclic) bond motifs is 9. The van der Waals surface area contributed by atoms with Gasteiger partial charge in [0.15, 0.2) is 16.1 Å². The first-order valence-corrected chi connectivity index (χ1v) is 56.0. The summed E-state index contributed by atoms with van der Waals surface area (Å²) < 4.78 is 6.95. The second kappa shape index (κ2) is 39.9. The SMILES string of the molecule is c1ccc(N(c2ccc(-c3cccc4c3Oc3ccccc3[Si]4(c3ccccc3)c3ccccc3)cc2)c2cccc3ccccc23)cc1.c1ccc(N(c2ccc(-c3cccc4c3Sc3ccccc3C4(c3ccccc3)c3ccccc3)cc2)c2cccc3ccccc23)cc1.c1ccc(N(c2ccc(-c3cccc4c3Sc3ccccc3[Si]4(c3ccccc3)c3ccccc3)cc2)c2cccc3ccccc23)cc1. The van der Waals surface area contributed by atoms with E-state index in [-0.39, 0.29) is 0 Å². The molecule has 4 nitrogen and oxygen atoms in total. The highest BCUT2D eigenvalue weighted by Crippen LogP contribution is 2.59. The molecule has 24 aromatic carbocycles. The molecule has 0 N–H and O–H groups in total. The van der Waals surface area contributed by atoms with Crippen LogP contribution in [0.25, 0.3) is 65.7 Å². The molecule has 0 radical (unpaired) electrons. The fraction of sp³-hybridized carbons (Fsp3) is 0.00719. The molecule has 0 saturated carbocycles. The average Bonchev–Trinajstić information content (AvgIpc) is 0.708. The monoisotopic (exact) mass is 1950 g/mol. The largest absolute Gasteiger partial charge is 0.457 e. The molecule has 0 fully saturated rings. The van der Waals surface area contributed by atoms with Gasteiger partial charge in [0.25, 0.3) is 0 Å². The van der Waals surface area contributed by atoms with Crippen LogP contribution in [0.3, 0.4) is 0 Å². The van der Waals surface area contributed by atoms with Crippen molar-refractivity contribution >= 4 is 165 Å². The Morgan fingerprint density at radius 2 is 0.476 bits per heavy atom. The number of para-hydroxylation sites is 5. The zero-order valence-electron chi connectivity index (χ0n) is 80.7. The Hall–Kier alpha value is -17.6. The van der Waals surface area contributed by atoms with Crippen molar-refractivity contribution in [1.82, 2.24) is 0 Å². The summed E-state index contributed by atoms with van der Waals surface area (Å²) >= 11 is 3.82. The van der Waals surface area contributed by atoms with E-state index in [2.05, 4.69) is 615 Å². The van der Waals surface area contributed by atoms with E-state index < -0.39 is 21.6 Å². The maximum Gasteiger partial charge on any atom is 0.188 e. The second-order valence-corrected chi connectivity index (χ2v) is 47.0. The minimum Gasteiger partial charge on any atom is -0.457 e. The molecule has 0 aromatic heterocycles. The Morgan fingerprint density at radius 1 is 0.190 bits per heavy atom. The van der Waals surface area contributed by atoms with Crippen molar-refractivity contribution in [2.75, 3.05) is 14.7 Å². The third-order valence-electron chi connectivity index (χ3n) is 29.4. The summed E-state index contributed by atoms with van der Waals surface area (Å²) in [5, 5.41) is 18.3. The number of benzene rings is 24. The van der Waals surface area contributed by atoms with E-state index in [0.29, 0.717) is 0 Å². The van der Waals surface area contributed by atoms with Crippen LogP contribution in [0.2, 0.25) is 0 Å². The molecule has 0 amide bonds. The van der Waals surface area contributed by atoms with E-state index in [0.717, 1.165) is 68.1 Å². The van der Waals surface area contributed by atoms with Crippen LogP contribution in [0.15, 0.2) is 620 Å². The summed E-state index contributed by atoms with van der Waals surface area (Å²) in [4.78, 5) is 12.4. The topological polar surface area (TPSA) is 19.0 Å². The molecule has 0 bridgehead atoms. The van der Waals surface area contributed by atoms with Gasteiger partial charge < -0.3 is 19.4 Å². The molecule has 3 aliphatic rings. The fourth-order valence-corrected chi connectivity index (χ4v) is 36.4. The first-order valence-electron chi connectivity index (χ1n) is 50.3. The quantitative estimate of drug-likeness (QED) is 0.0792. The molecule has 0 unspecified atom stereocenters.